The van der Waals surface area contributed by atoms with Gasteiger partial charge in [0.05, 0.1) is 18.2 Å². The first kappa shape index (κ1) is 13.3. The van der Waals surface area contributed by atoms with Crippen molar-refractivity contribution in [2.75, 3.05) is 18.9 Å². The number of rotatable bonds is 2. The lowest BCUT2D eigenvalue weighted by atomic mass is 10.0. The zero-order chi connectivity index (χ0) is 13.3. The molecule has 0 spiro atoms. The molecule has 0 saturated carbocycles. The standard InChI is InChI=1S/C12H16BrN3O2/c1-7-2-3-16(10(7)6-17)12(18)8-4-11(14)15-5-9(8)13/h4-5,7,10,17H,2-3,6H2,1H3,(H2,14,15). The summed E-state index contributed by atoms with van der Waals surface area (Å²) < 4.78 is 0.623. The molecule has 1 aliphatic heterocycles. The average molecular weight is 314 g/mol. The molecule has 6 heteroatoms. The van der Waals surface area contributed by atoms with E-state index in [0.717, 1.165) is 6.42 Å². The third kappa shape index (κ3) is 2.35. The quantitative estimate of drug-likeness (QED) is 0.861. The predicted molar refractivity (Wildman–Crippen MR) is 72.0 cm³/mol. The van der Waals surface area contributed by atoms with E-state index in [1.807, 2.05) is 6.92 Å². The summed E-state index contributed by atoms with van der Waals surface area (Å²) in [6.07, 6.45) is 2.44. The first-order chi connectivity index (χ1) is 8.54. The van der Waals surface area contributed by atoms with E-state index in [0.29, 0.717) is 28.3 Å². The number of hydrogen-bond acceptors (Lipinski definition) is 4. The minimum atomic E-state index is -0.112. The SMILES string of the molecule is CC1CCN(C(=O)c2cc(N)ncc2Br)C1CO. The predicted octanol–water partition coefficient (Wildman–Crippen LogP) is 1.27. The van der Waals surface area contributed by atoms with E-state index in [-0.39, 0.29) is 18.6 Å². The molecular weight excluding hydrogens is 298 g/mol. The maximum Gasteiger partial charge on any atom is 0.255 e. The van der Waals surface area contributed by atoms with Crippen LogP contribution in [-0.4, -0.2) is 40.1 Å². The van der Waals surface area contributed by atoms with Crippen molar-refractivity contribution in [1.29, 1.82) is 0 Å². The van der Waals surface area contributed by atoms with Gasteiger partial charge in [0.15, 0.2) is 0 Å². The van der Waals surface area contributed by atoms with E-state index in [1.165, 1.54) is 6.20 Å². The number of nitrogen functional groups attached to an aromatic ring is 1. The first-order valence-electron chi connectivity index (χ1n) is 5.87. The second kappa shape index (κ2) is 5.24. The molecule has 3 N–H and O–H groups in total. The van der Waals surface area contributed by atoms with E-state index in [4.69, 9.17) is 5.73 Å². The number of amides is 1. The molecule has 0 radical (unpaired) electrons. The van der Waals surface area contributed by atoms with Crippen molar-refractivity contribution in [1.82, 2.24) is 9.88 Å². The van der Waals surface area contributed by atoms with Crippen LogP contribution >= 0.6 is 15.9 Å². The number of hydrogen-bond donors (Lipinski definition) is 2. The monoisotopic (exact) mass is 313 g/mol. The fraction of sp³-hybridized carbons (Fsp3) is 0.500. The second-order valence-electron chi connectivity index (χ2n) is 4.60. The Hall–Kier alpha value is -1.14. The van der Waals surface area contributed by atoms with Crippen LogP contribution < -0.4 is 5.73 Å². The van der Waals surface area contributed by atoms with Crippen LogP contribution in [0.25, 0.3) is 0 Å². The lowest BCUT2D eigenvalue weighted by Crippen LogP contribution is -2.40. The van der Waals surface area contributed by atoms with E-state index in [2.05, 4.69) is 20.9 Å². The molecule has 1 aromatic rings. The summed E-state index contributed by atoms with van der Waals surface area (Å²) in [6.45, 7) is 2.70. The van der Waals surface area contributed by atoms with Gasteiger partial charge in [-0.1, -0.05) is 6.92 Å². The van der Waals surface area contributed by atoms with Crippen LogP contribution in [0.4, 0.5) is 5.82 Å². The highest BCUT2D eigenvalue weighted by Crippen LogP contribution is 2.27. The van der Waals surface area contributed by atoms with Gasteiger partial charge in [0.2, 0.25) is 0 Å². The van der Waals surface area contributed by atoms with Crippen molar-refractivity contribution in [3.8, 4) is 0 Å². The van der Waals surface area contributed by atoms with Crippen molar-refractivity contribution in [2.45, 2.75) is 19.4 Å². The number of carbonyl (C=O) groups is 1. The van der Waals surface area contributed by atoms with Crippen LogP contribution in [0.5, 0.6) is 0 Å². The lowest BCUT2D eigenvalue weighted by molar-refractivity contribution is 0.0647. The van der Waals surface area contributed by atoms with E-state index < -0.39 is 0 Å². The number of halogens is 1. The smallest absolute Gasteiger partial charge is 0.255 e. The molecule has 2 heterocycles. The third-order valence-corrected chi connectivity index (χ3v) is 4.07. The number of anilines is 1. The van der Waals surface area contributed by atoms with Gasteiger partial charge < -0.3 is 15.7 Å². The van der Waals surface area contributed by atoms with Gasteiger partial charge in [-0.25, -0.2) is 4.98 Å². The molecule has 18 heavy (non-hydrogen) atoms. The number of likely N-dealkylation sites (tertiary alicyclic amines) is 1. The molecule has 1 saturated heterocycles. The molecule has 2 atom stereocenters. The Balaban J connectivity index is 2.28. The summed E-state index contributed by atoms with van der Waals surface area (Å²) in [5.41, 5.74) is 6.10. The van der Waals surface area contributed by atoms with Crippen molar-refractivity contribution in [3.05, 3.63) is 22.3 Å². The van der Waals surface area contributed by atoms with Crippen LogP contribution in [0.2, 0.25) is 0 Å². The van der Waals surface area contributed by atoms with Crippen LogP contribution in [0.15, 0.2) is 16.7 Å². The zero-order valence-corrected chi connectivity index (χ0v) is 11.7. The van der Waals surface area contributed by atoms with E-state index in [9.17, 15) is 9.90 Å². The summed E-state index contributed by atoms with van der Waals surface area (Å²) in [6, 6.07) is 1.45. The van der Waals surface area contributed by atoms with Gasteiger partial charge in [-0.3, -0.25) is 4.79 Å². The molecule has 0 aliphatic carbocycles. The van der Waals surface area contributed by atoms with E-state index in [1.54, 1.807) is 11.0 Å². The highest BCUT2D eigenvalue weighted by molar-refractivity contribution is 9.10. The summed E-state index contributed by atoms with van der Waals surface area (Å²) in [5.74, 6) is 0.519. The number of pyridine rings is 1. The molecule has 2 unspecified atom stereocenters. The molecule has 98 valence electrons. The topological polar surface area (TPSA) is 79.5 Å². The average Bonchev–Trinajstić information content (AvgIpc) is 2.72. The maximum absolute atomic E-state index is 12.4. The lowest BCUT2D eigenvalue weighted by Gasteiger charge is -2.25. The van der Waals surface area contributed by atoms with Crippen molar-refractivity contribution >= 4 is 27.7 Å². The van der Waals surface area contributed by atoms with Gasteiger partial charge in [0.1, 0.15) is 5.82 Å². The highest BCUT2D eigenvalue weighted by atomic mass is 79.9. The first-order valence-corrected chi connectivity index (χ1v) is 6.66. The third-order valence-electron chi connectivity index (χ3n) is 3.44. The Labute approximate surface area is 114 Å². The highest BCUT2D eigenvalue weighted by Gasteiger charge is 2.34. The number of nitrogens with zero attached hydrogens (tertiary/aromatic N) is 2. The number of aliphatic hydroxyl groups is 1. The number of carbonyl (C=O) groups excluding carboxylic acids is 1. The second-order valence-corrected chi connectivity index (χ2v) is 5.46. The molecule has 0 bridgehead atoms. The van der Waals surface area contributed by atoms with Crippen molar-refractivity contribution in [3.63, 3.8) is 0 Å². The minimum Gasteiger partial charge on any atom is -0.394 e. The summed E-state index contributed by atoms with van der Waals surface area (Å²) in [4.78, 5) is 18.1. The van der Waals surface area contributed by atoms with Crippen LogP contribution in [0.1, 0.15) is 23.7 Å². The van der Waals surface area contributed by atoms with Crippen LogP contribution in [0, 0.1) is 5.92 Å². The maximum atomic E-state index is 12.4. The van der Waals surface area contributed by atoms with Gasteiger partial charge >= 0.3 is 0 Å². The minimum absolute atomic E-state index is 0.00884. The Morgan fingerprint density at radius 2 is 2.44 bits per heavy atom. The molecule has 1 aliphatic rings. The summed E-state index contributed by atoms with van der Waals surface area (Å²) >= 11 is 3.31. The van der Waals surface area contributed by atoms with Gasteiger partial charge in [0, 0.05) is 17.2 Å². The Bertz CT molecular complexity index is 467. The fourth-order valence-corrected chi connectivity index (χ4v) is 2.70. The summed E-state index contributed by atoms with van der Waals surface area (Å²) in [5, 5.41) is 9.38. The molecular formula is C12H16BrN3O2. The fourth-order valence-electron chi connectivity index (χ4n) is 2.31. The zero-order valence-electron chi connectivity index (χ0n) is 10.1. The summed E-state index contributed by atoms with van der Waals surface area (Å²) in [7, 11) is 0. The number of aromatic nitrogens is 1. The van der Waals surface area contributed by atoms with Crippen molar-refractivity contribution < 1.29 is 9.90 Å². The van der Waals surface area contributed by atoms with Gasteiger partial charge in [0.25, 0.3) is 5.91 Å². The van der Waals surface area contributed by atoms with Gasteiger partial charge in [-0.2, -0.15) is 0 Å². The normalized spacial score (nSPS) is 23.4. The van der Waals surface area contributed by atoms with Crippen molar-refractivity contribution in [2.24, 2.45) is 5.92 Å². The van der Waals surface area contributed by atoms with Crippen LogP contribution in [-0.2, 0) is 0 Å². The Morgan fingerprint density at radius 1 is 1.72 bits per heavy atom. The van der Waals surface area contributed by atoms with E-state index >= 15 is 0 Å². The molecule has 1 aromatic heterocycles. The van der Waals surface area contributed by atoms with Gasteiger partial charge in [-0.15, -0.1) is 0 Å². The Morgan fingerprint density at radius 3 is 3.11 bits per heavy atom. The number of aliphatic hydroxyl groups excluding tert-OH is 1. The van der Waals surface area contributed by atoms with Gasteiger partial charge in [-0.05, 0) is 34.3 Å². The largest absolute Gasteiger partial charge is 0.394 e. The molecule has 1 amide bonds. The number of nitrogens with two attached hydrogens (primary N) is 1. The molecule has 0 aromatic carbocycles. The molecule has 1 fully saturated rings. The van der Waals surface area contributed by atoms with Crippen LogP contribution in [0.3, 0.4) is 0 Å². The molecule has 2 rings (SSSR count). The Kier molecular flexibility index (Phi) is 3.87. The molecule has 5 nitrogen and oxygen atoms in total.